The van der Waals surface area contributed by atoms with E-state index >= 15 is 0 Å². The SMILES string of the molecule is CCCCC(=O)NC(=S)NC(C)(C)C. The van der Waals surface area contributed by atoms with E-state index < -0.39 is 0 Å². The van der Waals surface area contributed by atoms with Crippen LogP contribution in [0.4, 0.5) is 0 Å². The fourth-order valence-electron chi connectivity index (χ4n) is 0.898. The first-order valence-corrected chi connectivity index (χ1v) is 5.38. The van der Waals surface area contributed by atoms with Gasteiger partial charge in [0.1, 0.15) is 0 Å². The molecule has 0 saturated carbocycles. The lowest BCUT2D eigenvalue weighted by Crippen LogP contribution is -2.48. The van der Waals surface area contributed by atoms with Crippen molar-refractivity contribution in [2.45, 2.75) is 52.5 Å². The molecule has 0 aliphatic heterocycles. The Balaban J connectivity index is 3.78. The standard InChI is InChI=1S/C10H20N2OS/c1-5-6-7-8(13)11-9(14)12-10(2,3)4/h5-7H2,1-4H3,(H2,11,12,13,14). The van der Waals surface area contributed by atoms with Crippen molar-refractivity contribution >= 4 is 23.2 Å². The van der Waals surface area contributed by atoms with Crippen LogP contribution in [0, 0.1) is 0 Å². The van der Waals surface area contributed by atoms with Gasteiger partial charge in [0, 0.05) is 12.0 Å². The molecule has 0 unspecified atom stereocenters. The number of thiocarbonyl (C=S) groups is 1. The molecule has 1 amide bonds. The maximum absolute atomic E-state index is 11.3. The van der Waals surface area contributed by atoms with Crippen LogP contribution in [0.2, 0.25) is 0 Å². The number of amides is 1. The van der Waals surface area contributed by atoms with Gasteiger partial charge in [0.15, 0.2) is 5.11 Å². The van der Waals surface area contributed by atoms with Crippen molar-refractivity contribution < 1.29 is 4.79 Å². The average molecular weight is 216 g/mol. The minimum Gasteiger partial charge on any atom is -0.358 e. The summed E-state index contributed by atoms with van der Waals surface area (Å²) < 4.78 is 0. The molecule has 0 rings (SSSR count). The number of nitrogens with one attached hydrogen (secondary N) is 2. The van der Waals surface area contributed by atoms with E-state index in [0.717, 1.165) is 12.8 Å². The average Bonchev–Trinajstić information content (AvgIpc) is 1.96. The predicted molar refractivity (Wildman–Crippen MR) is 63.2 cm³/mol. The van der Waals surface area contributed by atoms with Crippen LogP contribution in [-0.4, -0.2) is 16.6 Å². The third kappa shape index (κ3) is 7.98. The van der Waals surface area contributed by atoms with Crippen LogP contribution in [0.25, 0.3) is 0 Å². The van der Waals surface area contributed by atoms with Crippen LogP contribution in [0.1, 0.15) is 47.0 Å². The lowest BCUT2D eigenvalue weighted by molar-refractivity contribution is -0.119. The molecule has 0 aromatic carbocycles. The number of carbonyl (C=O) groups excluding carboxylic acids is 1. The van der Waals surface area contributed by atoms with Crippen LogP contribution in [0.5, 0.6) is 0 Å². The number of unbranched alkanes of at least 4 members (excludes halogenated alkanes) is 1. The second-order valence-electron chi connectivity index (χ2n) is 4.36. The number of carbonyl (C=O) groups is 1. The molecule has 0 heterocycles. The maximum atomic E-state index is 11.3. The molecule has 0 aliphatic rings. The minimum absolute atomic E-state index is 0.00593. The Bertz CT molecular complexity index is 209. The summed E-state index contributed by atoms with van der Waals surface area (Å²) in [4.78, 5) is 11.3. The molecule has 0 aromatic heterocycles. The van der Waals surface area contributed by atoms with E-state index in [1.165, 1.54) is 0 Å². The van der Waals surface area contributed by atoms with Crippen molar-refractivity contribution in [3.8, 4) is 0 Å². The zero-order valence-electron chi connectivity index (χ0n) is 9.44. The van der Waals surface area contributed by atoms with E-state index in [2.05, 4.69) is 17.6 Å². The second-order valence-corrected chi connectivity index (χ2v) is 4.76. The maximum Gasteiger partial charge on any atom is 0.226 e. The van der Waals surface area contributed by atoms with Crippen LogP contribution in [0.15, 0.2) is 0 Å². The molecule has 0 aliphatic carbocycles. The van der Waals surface area contributed by atoms with Gasteiger partial charge in [-0.25, -0.2) is 0 Å². The Morgan fingerprint density at radius 2 is 1.93 bits per heavy atom. The fraction of sp³-hybridized carbons (Fsp3) is 0.800. The zero-order chi connectivity index (χ0) is 11.2. The largest absolute Gasteiger partial charge is 0.358 e. The minimum atomic E-state index is -0.102. The number of hydrogen-bond donors (Lipinski definition) is 2. The summed E-state index contributed by atoms with van der Waals surface area (Å²) in [5.41, 5.74) is -0.102. The van der Waals surface area contributed by atoms with Gasteiger partial charge in [0.05, 0.1) is 0 Å². The highest BCUT2D eigenvalue weighted by Gasteiger charge is 2.12. The summed E-state index contributed by atoms with van der Waals surface area (Å²) in [5.74, 6) is -0.00593. The normalized spacial score (nSPS) is 10.9. The van der Waals surface area contributed by atoms with Crippen molar-refractivity contribution in [1.82, 2.24) is 10.6 Å². The molecule has 2 N–H and O–H groups in total. The molecule has 0 bridgehead atoms. The van der Waals surface area contributed by atoms with Crippen molar-refractivity contribution in [1.29, 1.82) is 0 Å². The molecular weight excluding hydrogens is 196 g/mol. The summed E-state index contributed by atoms with van der Waals surface area (Å²) in [6, 6.07) is 0. The zero-order valence-corrected chi connectivity index (χ0v) is 10.3. The lowest BCUT2D eigenvalue weighted by atomic mass is 10.1. The Labute approximate surface area is 91.6 Å². The third-order valence-corrected chi connectivity index (χ3v) is 1.70. The van der Waals surface area contributed by atoms with Crippen molar-refractivity contribution in [2.75, 3.05) is 0 Å². The van der Waals surface area contributed by atoms with Gasteiger partial charge in [0.2, 0.25) is 5.91 Å². The van der Waals surface area contributed by atoms with Crippen LogP contribution in [0.3, 0.4) is 0 Å². The predicted octanol–water partition coefficient (Wildman–Crippen LogP) is 1.97. The quantitative estimate of drug-likeness (QED) is 0.709. The summed E-state index contributed by atoms with van der Waals surface area (Å²) in [7, 11) is 0. The van der Waals surface area contributed by atoms with Crippen LogP contribution >= 0.6 is 12.2 Å². The molecule has 14 heavy (non-hydrogen) atoms. The van der Waals surface area contributed by atoms with Crippen molar-refractivity contribution in [2.24, 2.45) is 0 Å². The topological polar surface area (TPSA) is 41.1 Å². The molecule has 0 atom stereocenters. The monoisotopic (exact) mass is 216 g/mol. The van der Waals surface area contributed by atoms with E-state index in [0.29, 0.717) is 11.5 Å². The molecule has 4 heteroatoms. The Morgan fingerprint density at radius 1 is 1.36 bits per heavy atom. The molecule has 0 aromatic rings. The Morgan fingerprint density at radius 3 is 2.36 bits per heavy atom. The molecule has 0 fully saturated rings. The molecule has 0 radical (unpaired) electrons. The first-order chi connectivity index (χ1) is 6.35. The van der Waals surface area contributed by atoms with Gasteiger partial charge in [-0.2, -0.15) is 0 Å². The van der Waals surface area contributed by atoms with E-state index in [9.17, 15) is 4.79 Å². The second kappa shape index (κ2) is 5.96. The van der Waals surface area contributed by atoms with Crippen LogP contribution < -0.4 is 10.6 Å². The van der Waals surface area contributed by atoms with Gasteiger partial charge in [0.25, 0.3) is 0 Å². The Kier molecular flexibility index (Phi) is 5.69. The molecular formula is C10H20N2OS. The summed E-state index contributed by atoms with van der Waals surface area (Å²) in [6.45, 7) is 8.05. The van der Waals surface area contributed by atoms with Crippen molar-refractivity contribution in [3.05, 3.63) is 0 Å². The highest BCUT2D eigenvalue weighted by atomic mass is 32.1. The summed E-state index contributed by atoms with van der Waals surface area (Å²) >= 11 is 4.99. The molecule has 0 spiro atoms. The third-order valence-electron chi connectivity index (χ3n) is 1.50. The summed E-state index contributed by atoms with van der Waals surface area (Å²) in [6.07, 6.45) is 2.47. The first-order valence-electron chi connectivity index (χ1n) is 4.97. The summed E-state index contributed by atoms with van der Waals surface area (Å²) in [5, 5.41) is 6.09. The van der Waals surface area contributed by atoms with Gasteiger partial charge < -0.3 is 10.6 Å². The molecule has 0 saturated heterocycles. The number of hydrogen-bond acceptors (Lipinski definition) is 2. The van der Waals surface area contributed by atoms with Crippen LogP contribution in [-0.2, 0) is 4.79 Å². The molecule has 3 nitrogen and oxygen atoms in total. The fourth-order valence-corrected chi connectivity index (χ4v) is 1.32. The van der Waals surface area contributed by atoms with E-state index in [1.54, 1.807) is 0 Å². The first kappa shape index (κ1) is 13.4. The lowest BCUT2D eigenvalue weighted by Gasteiger charge is -2.22. The highest BCUT2D eigenvalue weighted by Crippen LogP contribution is 1.98. The van der Waals surface area contributed by atoms with Gasteiger partial charge in [-0.15, -0.1) is 0 Å². The highest BCUT2D eigenvalue weighted by molar-refractivity contribution is 7.80. The van der Waals surface area contributed by atoms with E-state index in [1.807, 2.05) is 20.8 Å². The Hall–Kier alpha value is -0.640. The van der Waals surface area contributed by atoms with Gasteiger partial charge >= 0.3 is 0 Å². The van der Waals surface area contributed by atoms with E-state index in [-0.39, 0.29) is 11.4 Å². The van der Waals surface area contributed by atoms with Gasteiger partial charge in [-0.1, -0.05) is 13.3 Å². The number of rotatable bonds is 3. The van der Waals surface area contributed by atoms with E-state index in [4.69, 9.17) is 12.2 Å². The molecule has 82 valence electrons. The van der Waals surface area contributed by atoms with Gasteiger partial charge in [-0.3, -0.25) is 4.79 Å². The smallest absolute Gasteiger partial charge is 0.226 e. The van der Waals surface area contributed by atoms with Gasteiger partial charge in [-0.05, 0) is 39.4 Å². The van der Waals surface area contributed by atoms with Crippen molar-refractivity contribution in [3.63, 3.8) is 0 Å².